The molecular weight excluding hydrogens is 464 g/mol. The van der Waals surface area contributed by atoms with E-state index in [2.05, 4.69) is 31.4 Å². The standard InChI is InChI=1S/C22H19BrN4O2S/c1-14-5-8-16(9-6-14)27-21(19-4-3-11-29-19)25-26-22(27)30-13-20(28)24-18-10-7-15(2)12-17(18)23/h3-12H,13H2,1-2H3,(H,24,28). The van der Waals surface area contributed by atoms with Gasteiger partial charge in [0.15, 0.2) is 10.9 Å². The third-order valence-corrected chi connectivity index (χ3v) is 5.98. The normalized spacial score (nSPS) is 10.9. The lowest BCUT2D eigenvalue weighted by Crippen LogP contribution is -2.15. The van der Waals surface area contributed by atoms with Crippen molar-refractivity contribution in [2.75, 3.05) is 11.1 Å². The number of carbonyl (C=O) groups excluding carboxylic acids is 1. The first-order valence-electron chi connectivity index (χ1n) is 9.26. The summed E-state index contributed by atoms with van der Waals surface area (Å²) in [5, 5.41) is 12.1. The molecule has 1 N–H and O–H groups in total. The highest BCUT2D eigenvalue weighted by atomic mass is 79.9. The van der Waals surface area contributed by atoms with E-state index in [9.17, 15) is 4.79 Å². The minimum Gasteiger partial charge on any atom is -0.461 e. The molecule has 4 rings (SSSR count). The summed E-state index contributed by atoms with van der Waals surface area (Å²) in [7, 11) is 0. The minimum atomic E-state index is -0.123. The van der Waals surface area contributed by atoms with E-state index in [-0.39, 0.29) is 11.7 Å². The van der Waals surface area contributed by atoms with E-state index in [1.165, 1.54) is 11.8 Å². The van der Waals surface area contributed by atoms with Crippen molar-refractivity contribution in [1.29, 1.82) is 0 Å². The van der Waals surface area contributed by atoms with Gasteiger partial charge in [-0.05, 0) is 71.7 Å². The van der Waals surface area contributed by atoms with Crippen LogP contribution >= 0.6 is 27.7 Å². The molecule has 0 aliphatic carbocycles. The quantitative estimate of drug-likeness (QED) is 0.360. The Morgan fingerprint density at radius 1 is 1.10 bits per heavy atom. The molecule has 152 valence electrons. The predicted octanol–water partition coefficient (Wildman–Crippen LogP) is 5.64. The van der Waals surface area contributed by atoms with E-state index >= 15 is 0 Å². The van der Waals surface area contributed by atoms with Crippen LogP contribution in [0.4, 0.5) is 5.69 Å². The van der Waals surface area contributed by atoms with Crippen molar-refractivity contribution in [2.45, 2.75) is 19.0 Å². The molecule has 2 aromatic heterocycles. The molecule has 2 aromatic carbocycles. The molecule has 8 heteroatoms. The second kappa shape index (κ2) is 8.89. The van der Waals surface area contributed by atoms with Crippen molar-refractivity contribution in [3.63, 3.8) is 0 Å². The van der Waals surface area contributed by atoms with Crippen molar-refractivity contribution in [2.24, 2.45) is 0 Å². The fourth-order valence-electron chi connectivity index (χ4n) is 2.89. The zero-order valence-corrected chi connectivity index (χ0v) is 18.8. The molecule has 0 aliphatic heterocycles. The molecule has 0 saturated carbocycles. The summed E-state index contributed by atoms with van der Waals surface area (Å²) in [6.07, 6.45) is 1.60. The number of halogens is 1. The van der Waals surface area contributed by atoms with Crippen molar-refractivity contribution in [3.8, 4) is 17.3 Å². The number of thioether (sulfide) groups is 1. The summed E-state index contributed by atoms with van der Waals surface area (Å²) in [5.41, 5.74) is 3.91. The second-order valence-corrected chi connectivity index (χ2v) is 8.57. The highest BCUT2D eigenvalue weighted by Crippen LogP contribution is 2.29. The maximum atomic E-state index is 12.5. The SMILES string of the molecule is Cc1ccc(-n2c(SCC(=O)Nc3ccc(C)cc3Br)nnc2-c2ccco2)cc1. The molecule has 6 nitrogen and oxygen atoms in total. The average Bonchev–Trinajstić information content (AvgIpc) is 3.39. The summed E-state index contributed by atoms with van der Waals surface area (Å²) in [5.74, 6) is 1.28. The third kappa shape index (κ3) is 4.49. The van der Waals surface area contributed by atoms with E-state index in [4.69, 9.17) is 4.42 Å². The molecule has 0 radical (unpaired) electrons. The first kappa shape index (κ1) is 20.4. The van der Waals surface area contributed by atoms with Gasteiger partial charge in [-0.1, -0.05) is 35.5 Å². The highest BCUT2D eigenvalue weighted by molar-refractivity contribution is 9.10. The number of amides is 1. The van der Waals surface area contributed by atoms with Crippen LogP contribution in [-0.4, -0.2) is 26.4 Å². The van der Waals surface area contributed by atoms with E-state index in [0.29, 0.717) is 16.7 Å². The number of hydrogen-bond acceptors (Lipinski definition) is 5. The predicted molar refractivity (Wildman–Crippen MR) is 122 cm³/mol. The number of aromatic nitrogens is 3. The molecule has 0 bridgehead atoms. The van der Waals surface area contributed by atoms with E-state index in [1.54, 1.807) is 6.26 Å². The fraction of sp³-hybridized carbons (Fsp3) is 0.136. The smallest absolute Gasteiger partial charge is 0.234 e. The molecule has 0 aliphatic rings. The Morgan fingerprint density at radius 2 is 1.87 bits per heavy atom. The van der Waals surface area contributed by atoms with Gasteiger partial charge in [-0.25, -0.2) is 0 Å². The number of aryl methyl sites for hydroxylation is 2. The van der Waals surface area contributed by atoms with Crippen LogP contribution in [0.25, 0.3) is 17.3 Å². The lowest BCUT2D eigenvalue weighted by atomic mass is 10.2. The number of rotatable bonds is 6. The molecular formula is C22H19BrN4O2S. The van der Waals surface area contributed by atoms with E-state index in [1.807, 2.05) is 73.0 Å². The van der Waals surface area contributed by atoms with Crippen LogP contribution in [-0.2, 0) is 4.79 Å². The Labute approximate surface area is 186 Å². The van der Waals surface area contributed by atoms with Crippen LogP contribution in [0.2, 0.25) is 0 Å². The first-order valence-corrected chi connectivity index (χ1v) is 11.0. The van der Waals surface area contributed by atoms with Crippen LogP contribution < -0.4 is 5.32 Å². The summed E-state index contributed by atoms with van der Waals surface area (Å²) in [6.45, 7) is 4.04. The molecule has 0 fully saturated rings. The molecule has 2 heterocycles. The zero-order chi connectivity index (χ0) is 21.1. The number of furan rings is 1. The van der Waals surface area contributed by atoms with Crippen molar-refractivity contribution >= 4 is 39.3 Å². The second-order valence-electron chi connectivity index (χ2n) is 6.77. The van der Waals surface area contributed by atoms with Gasteiger partial charge in [-0.2, -0.15) is 0 Å². The van der Waals surface area contributed by atoms with Gasteiger partial charge in [0.25, 0.3) is 0 Å². The Kier molecular flexibility index (Phi) is 6.06. The van der Waals surface area contributed by atoms with E-state index in [0.717, 1.165) is 27.0 Å². The topological polar surface area (TPSA) is 73.0 Å². The van der Waals surface area contributed by atoms with Gasteiger partial charge in [0, 0.05) is 10.2 Å². The van der Waals surface area contributed by atoms with Gasteiger partial charge < -0.3 is 9.73 Å². The molecule has 1 amide bonds. The number of hydrogen-bond donors (Lipinski definition) is 1. The lowest BCUT2D eigenvalue weighted by Gasteiger charge is -2.10. The van der Waals surface area contributed by atoms with E-state index < -0.39 is 0 Å². The zero-order valence-electron chi connectivity index (χ0n) is 16.4. The van der Waals surface area contributed by atoms with Gasteiger partial charge in [-0.15, -0.1) is 10.2 Å². The van der Waals surface area contributed by atoms with Gasteiger partial charge in [0.2, 0.25) is 11.7 Å². The maximum Gasteiger partial charge on any atom is 0.234 e. The summed E-state index contributed by atoms with van der Waals surface area (Å²) in [4.78, 5) is 12.5. The molecule has 0 unspecified atom stereocenters. The number of nitrogens with one attached hydrogen (secondary N) is 1. The largest absolute Gasteiger partial charge is 0.461 e. The Morgan fingerprint density at radius 3 is 2.57 bits per heavy atom. The lowest BCUT2D eigenvalue weighted by molar-refractivity contribution is -0.113. The number of anilines is 1. The maximum absolute atomic E-state index is 12.5. The molecule has 0 atom stereocenters. The van der Waals surface area contributed by atoms with Gasteiger partial charge in [0.05, 0.1) is 17.7 Å². The summed E-state index contributed by atoms with van der Waals surface area (Å²) >= 11 is 4.81. The first-order chi connectivity index (χ1) is 14.5. The molecule has 30 heavy (non-hydrogen) atoms. The van der Waals surface area contributed by atoms with Crippen LogP contribution in [0, 0.1) is 13.8 Å². The van der Waals surface area contributed by atoms with Crippen LogP contribution in [0.5, 0.6) is 0 Å². The van der Waals surface area contributed by atoms with Gasteiger partial charge in [0.1, 0.15) is 0 Å². The van der Waals surface area contributed by atoms with Crippen LogP contribution in [0.1, 0.15) is 11.1 Å². The number of carbonyl (C=O) groups is 1. The summed E-state index contributed by atoms with van der Waals surface area (Å²) in [6, 6.07) is 17.5. The Hall–Kier alpha value is -2.84. The fourth-order valence-corrected chi connectivity index (χ4v) is 4.24. The number of benzene rings is 2. The van der Waals surface area contributed by atoms with Crippen LogP contribution in [0.15, 0.2) is 74.9 Å². The minimum absolute atomic E-state index is 0.123. The van der Waals surface area contributed by atoms with Crippen molar-refractivity contribution in [1.82, 2.24) is 14.8 Å². The Bertz CT molecular complexity index is 1170. The summed E-state index contributed by atoms with van der Waals surface area (Å²) < 4.78 is 8.28. The molecule has 4 aromatic rings. The van der Waals surface area contributed by atoms with Crippen LogP contribution in [0.3, 0.4) is 0 Å². The molecule has 0 spiro atoms. The number of nitrogens with zero attached hydrogens (tertiary/aromatic N) is 3. The van der Waals surface area contributed by atoms with Gasteiger partial charge >= 0.3 is 0 Å². The van der Waals surface area contributed by atoms with Crippen molar-refractivity contribution in [3.05, 3.63) is 76.5 Å². The Balaban J connectivity index is 1.56. The highest BCUT2D eigenvalue weighted by Gasteiger charge is 2.19. The van der Waals surface area contributed by atoms with Crippen molar-refractivity contribution < 1.29 is 9.21 Å². The monoisotopic (exact) mass is 482 g/mol. The van der Waals surface area contributed by atoms with Gasteiger partial charge in [-0.3, -0.25) is 9.36 Å². The third-order valence-electron chi connectivity index (χ3n) is 4.40. The molecule has 0 saturated heterocycles. The average molecular weight is 483 g/mol.